The standard InChI is InChI=1S/C10H16ClN3S/c1-4-8-9(11)12-7-13-10(8)14(2)5-6-15-3/h7H,4-6H2,1-3H3. The van der Waals surface area contributed by atoms with Crippen LogP contribution in [0, 0.1) is 0 Å². The summed E-state index contributed by atoms with van der Waals surface area (Å²) in [6.45, 7) is 3.04. The fourth-order valence-corrected chi connectivity index (χ4v) is 2.07. The van der Waals surface area contributed by atoms with Gasteiger partial charge in [0.1, 0.15) is 17.3 Å². The molecule has 0 spiro atoms. The maximum absolute atomic E-state index is 6.02. The number of thioether (sulfide) groups is 1. The minimum atomic E-state index is 0.568. The average Bonchev–Trinajstić information content (AvgIpc) is 2.25. The van der Waals surface area contributed by atoms with Crippen LogP contribution in [0.5, 0.6) is 0 Å². The molecular weight excluding hydrogens is 230 g/mol. The molecule has 0 aliphatic carbocycles. The van der Waals surface area contributed by atoms with Gasteiger partial charge in [-0.05, 0) is 12.7 Å². The molecule has 1 aromatic heterocycles. The Kier molecular flexibility index (Phi) is 5.19. The Labute approximate surface area is 100 Å². The van der Waals surface area contributed by atoms with Crippen molar-refractivity contribution in [3.63, 3.8) is 0 Å². The summed E-state index contributed by atoms with van der Waals surface area (Å²) in [6, 6.07) is 0. The first-order valence-electron chi connectivity index (χ1n) is 4.90. The molecule has 0 amide bonds. The zero-order valence-corrected chi connectivity index (χ0v) is 10.9. The zero-order chi connectivity index (χ0) is 11.3. The SMILES string of the molecule is CCc1c(Cl)ncnc1N(C)CCSC. The molecule has 5 heteroatoms. The van der Waals surface area contributed by atoms with Crippen LogP contribution in [0.25, 0.3) is 0 Å². The van der Waals surface area contributed by atoms with Crippen molar-refractivity contribution in [1.82, 2.24) is 9.97 Å². The Morgan fingerprint density at radius 3 is 2.80 bits per heavy atom. The summed E-state index contributed by atoms with van der Waals surface area (Å²) in [5, 5.41) is 0.568. The molecule has 0 aliphatic heterocycles. The van der Waals surface area contributed by atoms with Crippen LogP contribution >= 0.6 is 23.4 Å². The van der Waals surface area contributed by atoms with Gasteiger partial charge in [0.15, 0.2) is 0 Å². The first-order chi connectivity index (χ1) is 7.20. The zero-order valence-electron chi connectivity index (χ0n) is 9.33. The topological polar surface area (TPSA) is 29.0 Å². The number of hydrogen-bond acceptors (Lipinski definition) is 4. The van der Waals surface area contributed by atoms with Crippen molar-refractivity contribution in [2.75, 3.05) is 30.5 Å². The van der Waals surface area contributed by atoms with E-state index >= 15 is 0 Å². The Hall–Kier alpha value is -0.480. The van der Waals surface area contributed by atoms with Crippen LogP contribution in [0.1, 0.15) is 12.5 Å². The summed E-state index contributed by atoms with van der Waals surface area (Å²) in [7, 11) is 2.04. The van der Waals surface area contributed by atoms with Crippen molar-refractivity contribution >= 4 is 29.2 Å². The molecule has 84 valence electrons. The summed E-state index contributed by atoms with van der Waals surface area (Å²) in [5.74, 6) is 2.04. The largest absolute Gasteiger partial charge is 0.358 e. The van der Waals surface area contributed by atoms with E-state index in [0.29, 0.717) is 5.15 Å². The molecule has 15 heavy (non-hydrogen) atoms. The molecule has 0 atom stereocenters. The third kappa shape index (κ3) is 3.24. The minimum Gasteiger partial charge on any atom is -0.358 e. The average molecular weight is 246 g/mol. The van der Waals surface area contributed by atoms with Crippen molar-refractivity contribution < 1.29 is 0 Å². The van der Waals surface area contributed by atoms with Gasteiger partial charge in [-0.3, -0.25) is 0 Å². The third-order valence-electron chi connectivity index (χ3n) is 2.22. The molecule has 0 bridgehead atoms. The van der Waals surface area contributed by atoms with Gasteiger partial charge in [0, 0.05) is 24.9 Å². The maximum Gasteiger partial charge on any atom is 0.137 e. The van der Waals surface area contributed by atoms with Crippen molar-refractivity contribution in [3.8, 4) is 0 Å². The lowest BCUT2D eigenvalue weighted by atomic mass is 10.2. The van der Waals surface area contributed by atoms with E-state index in [9.17, 15) is 0 Å². The number of hydrogen-bond donors (Lipinski definition) is 0. The van der Waals surface area contributed by atoms with E-state index in [0.717, 1.165) is 30.1 Å². The van der Waals surface area contributed by atoms with E-state index in [4.69, 9.17) is 11.6 Å². The number of anilines is 1. The van der Waals surface area contributed by atoms with Crippen LogP contribution in [-0.4, -0.2) is 35.6 Å². The highest BCUT2D eigenvalue weighted by Crippen LogP contribution is 2.22. The van der Waals surface area contributed by atoms with Crippen molar-refractivity contribution in [2.24, 2.45) is 0 Å². The second-order valence-corrected chi connectivity index (χ2v) is 4.58. The van der Waals surface area contributed by atoms with E-state index in [-0.39, 0.29) is 0 Å². The van der Waals surface area contributed by atoms with E-state index in [2.05, 4.69) is 28.0 Å². The monoisotopic (exact) mass is 245 g/mol. The quantitative estimate of drug-likeness (QED) is 0.746. The van der Waals surface area contributed by atoms with Crippen LogP contribution in [0.3, 0.4) is 0 Å². The summed E-state index contributed by atoms with van der Waals surface area (Å²) >= 11 is 7.85. The van der Waals surface area contributed by atoms with E-state index in [1.54, 1.807) is 0 Å². The first-order valence-corrected chi connectivity index (χ1v) is 6.67. The van der Waals surface area contributed by atoms with E-state index in [1.807, 2.05) is 18.8 Å². The normalized spacial score (nSPS) is 10.4. The van der Waals surface area contributed by atoms with E-state index in [1.165, 1.54) is 6.33 Å². The molecule has 0 aliphatic rings. The van der Waals surface area contributed by atoms with Crippen LogP contribution < -0.4 is 4.90 Å². The Bertz CT molecular complexity index is 320. The smallest absolute Gasteiger partial charge is 0.137 e. The van der Waals surface area contributed by atoms with Gasteiger partial charge in [0.05, 0.1) is 0 Å². The molecule has 1 heterocycles. The molecule has 0 saturated heterocycles. The molecule has 0 aromatic carbocycles. The van der Waals surface area contributed by atoms with Gasteiger partial charge in [-0.25, -0.2) is 9.97 Å². The molecule has 1 rings (SSSR count). The van der Waals surface area contributed by atoms with Gasteiger partial charge < -0.3 is 4.90 Å². The maximum atomic E-state index is 6.02. The third-order valence-corrected chi connectivity index (χ3v) is 3.13. The molecule has 3 nitrogen and oxygen atoms in total. The number of aromatic nitrogens is 2. The Morgan fingerprint density at radius 1 is 1.47 bits per heavy atom. The molecule has 0 unspecified atom stereocenters. The highest BCUT2D eigenvalue weighted by molar-refractivity contribution is 7.98. The molecule has 0 fully saturated rings. The second-order valence-electron chi connectivity index (χ2n) is 3.23. The summed E-state index contributed by atoms with van der Waals surface area (Å²) in [4.78, 5) is 10.4. The van der Waals surface area contributed by atoms with Crippen LogP contribution in [0.4, 0.5) is 5.82 Å². The molecule has 0 radical (unpaired) electrons. The first kappa shape index (κ1) is 12.6. The number of halogens is 1. The van der Waals surface area contributed by atoms with Gasteiger partial charge in [-0.15, -0.1) is 0 Å². The van der Waals surface area contributed by atoms with Gasteiger partial charge in [0.25, 0.3) is 0 Å². The van der Waals surface area contributed by atoms with Gasteiger partial charge in [-0.1, -0.05) is 18.5 Å². The molecule has 0 N–H and O–H groups in total. The second kappa shape index (κ2) is 6.18. The fraction of sp³-hybridized carbons (Fsp3) is 0.600. The summed E-state index contributed by atoms with van der Waals surface area (Å²) in [5.41, 5.74) is 1.03. The van der Waals surface area contributed by atoms with Crippen molar-refractivity contribution in [2.45, 2.75) is 13.3 Å². The minimum absolute atomic E-state index is 0.568. The van der Waals surface area contributed by atoms with Gasteiger partial charge in [-0.2, -0.15) is 11.8 Å². The lowest BCUT2D eigenvalue weighted by Crippen LogP contribution is -2.23. The van der Waals surface area contributed by atoms with Crippen LogP contribution in [-0.2, 0) is 6.42 Å². The fourth-order valence-electron chi connectivity index (χ4n) is 1.35. The highest BCUT2D eigenvalue weighted by Gasteiger charge is 2.11. The van der Waals surface area contributed by atoms with Crippen molar-refractivity contribution in [3.05, 3.63) is 17.0 Å². The molecule has 0 saturated carbocycles. The van der Waals surface area contributed by atoms with E-state index < -0.39 is 0 Å². The Balaban J connectivity index is 2.87. The predicted octanol–water partition coefficient (Wildman–Crippen LogP) is 2.49. The highest BCUT2D eigenvalue weighted by atomic mass is 35.5. The van der Waals surface area contributed by atoms with Crippen LogP contribution in [0.15, 0.2) is 6.33 Å². The molecule has 1 aromatic rings. The van der Waals surface area contributed by atoms with Crippen LogP contribution in [0.2, 0.25) is 5.15 Å². The Morgan fingerprint density at radius 2 is 2.20 bits per heavy atom. The number of rotatable bonds is 5. The lowest BCUT2D eigenvalue weighted by molar-refractivity contribution is 0.907. The predicted molar refractivity (Wildman–Crippen MR) is 68.1 cm³/mol. The summed E-state index contributed by atoms with van der Waals surface area (Å²) in [6.07, 6.45) is 4.48. The lowest BCUT2D eigenvalue weighted by Gasteiger charge is -2.20. The van der Waals surface area contributed by atoms with Gasteiger partial charge in [0.2, 0.25) is 0 Å². The molecular formula is C10H16ClN3S. The van der Waals surface area contributed by atoms with Gasteiger partial charge >= 0.3 is 0 Å². The summed E-state index contributed by atoms with van der Waals surface area (Å²) < 4.78 is 0. The van der Waals surface area contributed by atoms with Crippen molar-refractivity contribution in [1.29, 1.82) is 0 Å². The number of nitrogens with zero attached hydrogens (tertiary/aromatic N) is 3.